The number of amides is 3. The molecule has 20 heavy (non-hydrogen) atoms. The van der Waals surface area contributed by atoms with Crippen molar-refractivity contribution in [3.63, 3.8) is 0 Å². The van der Waals surface area contributed by atoms with E-state index in [-0.39, 0.29) is 17.9 Å². The second-order valence-corrected chi connectivity index (χ2v) is 5.78. The summed E-state index contributed by atoms with van der Waals surface area (Å²) in [5.74, 6) is 2.52. The molecule has 4 atom stereocenters. The van der Waals surface area contributed by atoms with Gasteiger partial charge in [0.15, 0.2) is 0 Å². The van der Waals surface area contributed by atoms with E-state index in [0.717, 1.165) is 11.8 Å². The fourth-order valence-electron chi connectivity index (χ4n) is 3.59. The Labute approximate surface area is 115 Å². The van der Waals surface area contributed by atoms with Gasteiger partial charge in [0.2, 0.25) is 5.82 Å². The predicted octanol–water partition coefficient (Wildman–Crippen LogP) is 0.0750. The van der Waals surface area contributed by atoms with Crippen LogP contribution in [0, 0.1) is 23.7 Å². The van der Waals surface area contributed by atoms with Gasteiger partial charge in [0.1, 0.15) is 0 Å². The van der Waals surface area contributed by atoms with Crippen molar-refractivity contribution in [3.05, 3.63) is 24.3 Å². The Hall–Kier alpha value is -2.18. The third kappa shape index (κ3) is 1.90. The lowest BCUT2D eigenvalue weighted by Gasteiger charge is -2.16. The van der Waals surface area contributed by atoms with Gasteiger partial charge < -0.3 is 5.32 Å². The summed E-state index contributed by atoms with van der Waals surface area (Å²) in [5.41, 5.74) is 4.66. The van der Waals surface area contributed by atoms with Gasteiger partial charge in [-0.15, -0.1) is 0 Å². The number of hydrazine groups is 1. The number of nitrogens with one attached hydrogen (secondary N) is 3. The number of hydrogen-bond donors (Lipinski definition) is 3. The standard InChI is InChI=1S/C13H15N5O2/c19-12(11-14-2-1-3-15-11)17-18-13(20)16-10-8-4-6(8)7-5-9(7)10/h1-3,6-10H,4-5H2,(H,17,19)(H2,16,18,20)/t6-,7-,8-,9-/m1/s1. The zero-order valence-corrected chi connectivity index (χ0v) is 10.7. The first-order valence-corrected chi connectivity index (χ1v) is 6.88. The topological polar surface area (TPSA) is 96.0 Å². The molecule has 104 valence electrons. The lowest BCUT2D eigenvalue weighted by molar-refractivity contribution is 0.0925. The SMILES string of the molecule is O=C(NNC(=O)c1ncccn1)NC1[C@@H]2C[C@@H]2[C@H]2C[C@@H]12. The Bertz CT molecular complexity index is 547. The van der Waals surface area contributed by atoms with Gasteiger partial charge in [0.25, 0.3) is 0 Å². The van der Waals surface area contributed by atoms with Gasteiger partial charge in [-0.1, -0.05) is 0 Å². The van der Waals surface area contributed by atoms with E-state index in [2.05, 4.69) is 26.1 Å². The largest absolute Gasteiger partial charge is 0.333 e. The summed E-state index contributed by atoms with van der Waals surface area (Å²) >= 11 is 0. The van der Waals surface area contributed by atoms with Crippen molar-refractivity contribution in [2.45, 2.75) is 18.9 Å². The van der Waals surface area contributed by atoms with Crippen LogP contribution in [0.3, 0.4) is 0 Å². The van der Waals surface area contributed by atoms with Crippen LogP contribution in [0.2, 0.25) is 0 Å². The Morgan fingerprint density at radius 2 is 1.65 bits per heavy atom. The fraction of sp³-hybridized carbons (Fsp3) is 0.538. The Balaban J connectivity index is 1.27. The zero-order chi connectivity index (χ0) is 13.7. The van der Waals surface area contributed by atoms with Crippen molar-refractivity contribution in [2.75, 3.05) is 0 Å². The second kappa shape index (κ2) is 4.16. The molecule has 0 radical (unpaired) electrons. The molecule has 3 saturated carbocycles. The molecule has 3 aliphatic carbocycles. The molecule has 7 nitrogen and oxygen atoms in total. The van der Waals surface area contributed by atoms with Crippen molar-refractivity contribution in [3.8, 4) is 0 Å². The maximum atomic E-state index is 11.8. The molecule has 3 N–H and O–H groups in total. The summed E-state index contributed by atoms with van der Waals surface area (Å²) in [4.78, 5) is 31.0. The van der Waals surface area contributed by atoms with Gasteiger partial charge in [-0.3, -0.25) is 10.2 Å². The number of hydrogen-bond acceptors (Lipinski definition) is 4. The van der Waals surface area contributed by atoms with Crippen molar-refractivity contribution < 1.29 is 9.59 Å². The van der Waals surface area contributed by atoms with Gasteiger partial charge in [0.05, 0.1) is 0 Å². The molecule has 3 fully saturated rings. The van der Waals surface area contributed by atoms with Gasteiger partial charge in [0, 0.05) is 18.4 Å². The average molecular weight is 273 g/mol. The van der Waals surface area contributed by atoms with Crippen LogP contribution in [0.1, 0.15) is 23.5 Å². The Morgan fingerprint density at radius 1 is 1.00 bits per heavy atom. The van der Waals surface area contributed by atoms with Gasteiger partial charge in [-0.05, 0) is 42.6 Å². The third-order valence-corrected chi connectivity index (χ3v) is 4.61. The summed E-state index contributed by atoms with van der Waals surface area (Å²) in [6, 6.07) is 1.54. The summed E-state index contributed by atoms with van der Waals surface area (Å²) in [6.07, 6.45) is 5.44. The fourth-order valence-corrected chi connectivity index (χ4v) is 3.59. The van der Waals surface area contributed by atoms with Crippen molar-refractivity contribution in [1.82, 2.24) is 26.1 Å². The Kier molecular flexibility index (Phi) is 2.42. The van der Waals surface area contributed by atoms with Crippen LogP contribution in [0.5, 0.6) is 0 Å². The van der Waals surface area contributed by atoms with Crippen LogP contribution in [0.25, 0.3) is 0 Å². The molecule has 0 spiro atoms. The van der Waals surface area contributed by atoms with Crippen LogP contribution in [0.4, 0.5) is 4.79 Å². The molecule has 0 saturated heterocycles. The van der Waals surface area contributed by atoms with E-state index in [1.807, 2.05) is 0 Å². The molecular formula is C13H15N5O2. The number of aromatic nitrogens is 2. The monoisotopic (exact) mass is 273 g/mol. The van der Waals surface area contributed by atoms with E-state index in [4.69, 9.17) is 0 Å². The van der Waals surface area contributed by atoms with E-state index in [0.29, 0.717) is 11.8 Å². The average Bonchev–Trinajstić information content (AvgIpc) is 3.35. The molecule has 1 aromatic rings. The lowest BCUT2D eigenvalue weighted by Crippen LogP contribution is -2.51. The molecule has 1 aromatic heterocycles. The minimum absolute atomic E-state index is 0.0261. The molecule has 0 unspecified atom stereocenters. The second-order valence-electron chi connectivity index (χ2n) is 5.78. The minimum Gasteiger partial charge on any atom is -0.333 e. The maximum Gasteiger partial charge on any atom is 0.333 e. The number of fused-ring (bicyclic) bond motifs is 3. The van der Waals surface area contributed by atoms with E-state index in [1.165, 1.54) is 25.2 Å². The molecule has 0 aliphatic heterocycles. The summed E-state index contributed by atoms with van der Waals surface area (Å²) in [6.45, 7) is 0. The number of carbonyl (C=O) groups excluding carboxylic acids is 2. The number of rotatable bonds is 2. The van der Waals surface area contributed by atoms with Gasteiger partial charge in [-0.25, -0.2) is 20.2 Å². The molecule has 3 amide bonds. The molecule has 3 aliphatic rings. The smallest absolute Gasteiger partial charge is 0.333 e. The highest BCUT2D eigenvalue weighted by Gasteiger charge is 2.67. The lowest BCUT2D eigenvalue weighted by atomic mass is 10.1. The first kappa shape index (κ1) is 11.6. The van der Waals surface area contributed by atoms with Gasteiger partial charge in [-0.2, -0.15) is 0 Å². The number of carbonyl (C=O) groups is 2. The van der Waals surface area contributed by atoms with Crippen molar-refractivity contribution >= 4 is 11.9 Å². The molecular weight excluding hydrogens is 258 g/mol. The molecule has 7 heteroatoms. The maximum absolute atomic E-state index is 11.8. The zero-order valence-electron chi connectivity index (χ0n) is 10.7. The predicted molar refractivity (Wildman–Crippen MR) is 68.1 cm³/mol. The number of urea groups is 1. The van der Waals surface area contributed by atoms with E-state index >= 15 is 0 Å². The highest BCUT2D eigenvalue weighted by molar-refractivity contribution is 5.91. The molecule has 0 bridgehead atoms. The van der Waals surface area contributed by atoms with E-state index in [1.54, 1.807) is 6.07 Å². The van der Waals surface area contributed by atoms with Crippen LogP contribution in [-0.2, 0) is 0 Å². The van der Waals surface area contributed by atoms with Crippen molar-refractivity contribution in [2.24, 2.45) is 23.7 Å². The highest BCUT2D eigenvalue weighted by Crippen LogP contribution is 2.69. The van der Waals surface area contributed by atoms with Crippen LogP contribution < -0.4 is 16.2 Å². The van der Waals surface area contributed by atoms with Crippen molar-refractivity contribution in [1.29, 1.82) is 0 Å². The van der Waals surface area contributed by atoms with E-state index in [9.17, 15) is 9.59 Å². The van der Waals surface area contributed by atoms with Crippen LogP contribution in [-0.4, -0.2) is 27.9 Å². The first-order valence-electron chi connectivity index (χ1n) is 6.88. The van der Waals surface area contributed by atoms with E-state index < -0.39 is 5.91 Å². The van der Waals surface area contributed by atoms with Crippen LogP contribution in [0.15, 0.2) is 18.5 Å². The summed E-state index contributed by atoms with van der Waals surface area (Å²) < 4.78 is 0. The summed E-state index contributed by atoms with van der Waals surface area (Å²) in [5, 5.41) is 2.96. The van der Waals surface area contributed by atoms with Gasteiger partial charge >= 0.3 is 11.9 Å². The number of nitrogens with zero attached hydrogens (tertiary/aromatic N) is 2. The molecule has 0 aromatic carbocycles. The third-order valence-electron chi connectivity index (χ3n) is 4.61. The Morgan fingerprint density at radius 3 is 2.30 bits per heavy atom. The molecule has 1 heterocycles. The van der Waals surface area contributed by atoms with Crippen LogP contribution >= 0.6 is 0 Å². The first-order chi connectivity index (χ1) is 9.74. The minimum atomic E-state index is -0.527. The normalized spacial score (nSPS) is 35.5. The summed E-state index contributed by atoms with van der Waals surface area (Å²) in [7, 11) is 0. The molecule has 4 rings (SSSR count). The highest BCUT2D eigenvalue weighted by atomic mass is 16.2. The quantitative estimate of drug-likeness (QED) is 0.665.